The van der Waals surface area contributed by atoms with Gasteiger partial charge in [0, 0.05) is 33.3 Å². The largest absolute Gasteiger partial charge is 0.380 e. The maximum Gasteiger partial charge on any atom is 0.213 e. The van der Waals surface area contributed by atoms with Gasteiger partial charge in [0.25, 0.3) is 0 Å². The van der Waals surface area contributed by atoms with E-state index >= 15 is 0 Å². The molecule has 1 aliphatic rings. The van der Waals surface area contributed by atoms with Crippen LogP contribution in [0.2, 0.25) is 0 Å². The van der Waals surface area contributed by atoms with Crippen molar-refractivity contribution >= 4 is 10.0 Å². The van der Waals surface area contributed by atoms with E-state index in [4.69, 9.17) is 4.74 Å². The zero-order valence-electron chi connectivity index (χ0n) is 10.5. The Morgan fingerprint density at radius 1 is 1.50 bits per heavy atom. The van der Waals surface area contributed by atoms with Gasteiger partial charge in [0.1, 0.15) is 0 Å². The summed E-state index contributed by atoms with van der Waals surface area (Å²) in [6.45, 7) is 3.09. The molecule has 0 aliphatic carbocycles. The number of methoxy groups -OCH3 is 1. The lowest BCUT2D eigenvalue weighted by Crippen LogP contribution is -2.40. The van der Waals surface area contributed by atoms with Gasteiger partial charge in [-0.25, -0.2) is 12.7 Å². The number of hydrogen-bond acceptors (Lipinski definition) is 4. The van der Waals surface area contributed by atoms with Crippen LogP contribution in [-0.4, -0.2) is 69.8 Å². The minimum Gasteiger partial charge on any atom is -0.380 e. The van der Waals surface area contributed by atoms with Crippen LogP contribution in [0.15, 0.2) is 0 Å². The number of likely N-dealkylation sites (tertiary alicyclic amines) is 1. The van der Waals surface area contributed by atoms with Crippen LogP contribution in [0.3, 0.4) is 0 Å². The van der Waals surface area contributed by atoms with Gasteiger partial charge in [-0.05, 0) is 20.4 Å². The fraction of sp³-hybridized carbons (Fsp3) is 1.00. The van der Waals surface area contributed by atoms with Crippen molar-refractivity contribution in [3.63, 3.8) is 0 Å². The molecule has 0 aromatic heterocycles. The van der Waals surface area contributed by atoms with Crippen LogP contribution in [0, 0.1) is 0 Å². The molecular weight excluding hydrogens is 228 g/mol. The summed E-state index contributed by atoms with van der Waals surface area (Å²) in [5, 5.41) is 0. The summed E-state index contributed by atoms with van der Waals surface area (Å²) in [5.41, 5.74) is 0. The van der Waals surface area contributed by atoms with Crippen LogP contribution >= 0.6 is 0 Å². The zero-order valence-corrected chi connectivity index (χ0v) is 11.3. The third-order valence-corrected chi connectivity index (χ3v) is 5.12. The molecule has 6 heteroatoms. The molecule has 1 aliphatic heterocycles. The monoisotopic (exact) mass is 250 g/mol. The van der Waals surface area contributed by atoms with Gasteiger partial charge in [0.2, 0.25) is 10.0 Å². The fourth-order valence-corrected chi connectivity index (χ4v) is 2.88. The topological polar surface area (TPSA) is 49.9 Å². The highest BCUT2D eigenvalue weighted by Gasteiger charge is 2.31. The normalized spacial score (nSPS) is 27.8. The fourth-order valence-electron chi connectivity index (χ4n) is 2.04. The number of rotatable bonds is 5. The molecular formula is C10H22N2O3S. The highest BCUT2D eigenvalue weighted by atomic mass is 32.2. The van der Waals surface area contributed by atoms with Gasteiger partial charge in [-0.1, -0.05) is 0 Å². The van der Waals surface area contributed by atoms with Gasteiger partial charge < -0.3 is 4.74 Å². The Kier molecular flexibility index (Phi) is 4.73. The first-order valence-electron chi connectivity index (χ1n) is 5.57. The Labute approximate surface area is 98.4 Å². The second-order valence-electron chi connectivity index (χ2n) is 4.37. The van der Waals surface area contributed by atoms with E-state index in [9.17, 15) is 8.42 Å². The molecule has 0 unspecified atom stereocenters. The third kappa shape index (κ3) is 3.16. The average Bonchev–Trinajstić information content (AvgIpc) is 2.59. The molecule has 0 N–H and O–H groups in total. The number of sulfonamides is 1. The van der Waals surface area contributed by atoms with Gasteiger partial charge >= 0.3 is 0 Å². The summed E-state index contributed by atoms with van der Waals surface area (Å²) < 4.78 is 30.0. The van der Waals surface area contributed by atoms with Gasteiger partial charge in [-0.15, -0.1) is 0 Å². The summed E-state index contributed by atoms with van der Waals surface area (Å²) in [6, 6.07) is 0.260. The molecule has 0 spiro atoms. The predicted molar refractivity (Wildman–Crippen MR) is 63.9 cm³/mol. The highest BCUT2D eigenvalue weighted by Crippen LogP contribution is 2.19. The van der Waals surface area contributed by atoms with E-state index in [1.54, 1.807) is 21.1 Å². The standard InChI is InChI=1S/C10H22N2O3S/c1-5-16(13,14)12(3)7-9-6-10(15-4)8-11(9)2/h9-10H,5-8H2,1-4H3/t9-,10-/m0/s1. The Morgan fingerprint density at radius 2 is 2.12 bits per heavy atom. The van der Waals surface area contributed by atoms with Crippen molar-refractivity contribution < 1.29 is 13.2 Å². The number of ether oxygens (including phenoxy) is 1. The Hall–Kier alpha value is -0.170. The molecule has 1 heterocycles. The zero-order chi connectivity index (χ0) is 12.3. The Morgan fingerprint density at radius 3 is 2.56 bits per heavy atom. The first kappa shape index (κ1) is 13.9. The maximum absolute atomic E-state index is 11.6. The first-order chi connectivity index (χ1) is 7.40. The summed E-state index contributed by atoms with van der Waals surface area (Å²) in [4.78, 5) is 2.16. The summed E-state index contributed by atoms with van der Waals surface area (Å²) in [6.07, 6.45) is 1.13. The third-order valence-electron chi connectivity index (χ3n) is 3.29. The molecule has 0 amide bonds. The Bertz CT molecular complexity index is 318. The van der Waals surface area contributed by atoms with E-state index in [0.29, 0.717) is 6.54 Å². The quantitative estimate of drug-likeness (QED) is 0.688. The molecule has 1 fully saturated rings. The molecule has 1 rings (SSSR count). The Balaban J connectivity index is 2.55. The van der Waals surface area contributed by atoms with E-state index in [0.717, 1.165) is 13.0 Å². The second-order valence-corrected chi connectivity index (χ2v) is 6.73. The maximum atomic E-state index is 11.6. The van der Waals surface area contributed by atoms with Crippen molar-refractivity contribution in [2.75, 3.05) is 40.0 Å². The van der Waals surface area contributed by atoms with E-state index in [1.807, 2.05) is 7.05 Å². The van der Waals surface area contributed by atoms with Crippen LogP contribution in [0.1, 0.15) is 13.3 Å². The molecule has 5 nitrogen and oxygen atoms in total. The number of nitrogens with zero attached hydrogens (tertiary/aromatic N) is 2. The molecule has 16 heavy (non-hydrogen) atoms. The van der Waals surface area contributed by atoms with E-state index in [-0.39, 0.29) is 17.9 Å². The first-order valence-corrected chi connectivity index (χ1v) is 7.18. The van der Waals surface area contributed by atoms with Crippen LogP contribution in [0.5, 0.6) is 0 Å². The highest BCUT2D eigenvalue weighted by molar-refractivity contribution is 7.89. The van der Waals surface area contributed by atoms with E-state index in [2.05, 4.69) is 4.90 Å². The van der Waals surface area contributed by atoms with Gasteiger partial charge in [0.15, 0.2) is 0 Å². The van der Waals surface area contributed by atoms with Crippen molar-refractivity contribution in [1.82, 2.24) is 9.21 Å². The van der Waals surface area contributed by atoms with Crippen LogP contribution in [-0.2, 0) is 14.8 Å². The van der Waals surface area contributed by atoms with Gasteiger partial charge in [-0.3, -0.25) is 4.90 Å². The predicted octanol–water partition coefficient (Wildman–Crippen LogP) is -0.0130. The molecule has 1 saturated heterocycles. The van der Waals surface area contributed by atoms with Crippen molar-refractivity contribution in [1.29, 1.82) is 0 Å². The molecule has 0 bridgehead atoms. The van der Waals surface area contributed by atoms with Gasteiger partial charge in [-0.2, -0.15) is 0 Å². The van der Waals surface area contributed by atoms with Gasteiger partial charge in [0.05, 0.1) is 11.9 Å². The lowest BCUT2D eigenvalue weighted by molar-refractivity contribution is 0.111. The van der Waals surface area contributed by atoms with Crippen molar-refractivity contribution in [2.45, 2.75) is 25.5 Å². The van der Waals surface area contributed by atoms with Crippen LogP contribution in [0.4, 0.5) is 0 Å². The summed E-state index contributed by atoms with van der Waals surface area (Å²) in [5.74, 6) is 0.160. The molecule has 0 radical (unpaired) electrons. The SMILES string of the molecule is CCS(=O)(=O)N(C)C[C@@H]1C[C@H](OC)CN1C. The van der Waals surface area contributed by atoms with Crippen molar-refractivity contribution in [2.24, 2.45) is 0 Å². The molecule has 0 aromatic carbocycles. The molecule has 0 aromatic rings. The minimum absolute atomic E-state index is 0.160. The van der Waals surface area contributed by atoms with Crippen LogP contribution in [0.25, 0.3) is 0 Å². The van der Waals surface area contributed by atoms with Crippen LogP contribution < -0.4 is 0 Å². The second kappa shape index (κ2) is 5.44. The summed E-state index contributed by atoms with van der Waals surface area (Å²) >= 11 is 0. The molecule has 96 valence electrons. The smallest absolute Gasteiger partial charge is 0.213 e. The van der Waals surface area contributed by atoms with Crippen molar-refractivity contribution in [3.05, 3.63) is 0 Å². The van der Waals surface area contributed by atoms with Crippen molar-refractivity contribution in [3.8, 4) is 0 Å². The van der Waals surface area contributed by atoms with E-state index in [1.165, 1.54) is 4.31 Å². The minimum atomic E-state index is -3.07. The molecule has 0 saturated carbocycles. The summed E-state index contributed by atoms with van der Waals surface area (Å²) in [7, 11) is 2.29. The van der Waals surface area contributed by atoms with E-state index < -0.39 is 10.0 Å². The number of hydrogen-bond donors (Lipinski definition) is 0. The lowest BCUT2D eigenvalue weighted by atomic mass is 10.2. The average molecular weight is 250 g/mol. The lowest BCUT2D eigenvalue weighted by Gasteiger charge is -2.24. The number of likely N-dealkylation sites (N-methyl/N-ethyl adjacent to an activating group) is 2. The molecule has 2 atom stereocenters.